The van der Waals surface area contributed by atoms with E-state index in [1.54, 1.807) is 0 Å². The Balaban J connectivity index is 2.07. The van der Waals surface area contributed by atoms with Gasteiger partial charge < -0.3 is 4.90 Å². The van der Waals surface area contributed by atoms with Crippen molar-refractivity contribution in [1.82, 2.24) is 4.90 Å². The van der Waals surface area contributed by atoms with Crippen LogP contribution < -0.4 is 0 Å². The van der Waals surface area contributed by atoms with Crippen molar-refractivity contribution in [3.8, 4) is 0 Å². The molecule has 1 aromatic rings. The highest BCUT2D eigenvalue weighted by atomic mass is 19.1. The zero-order valence-corrected chi connectivity index (χ0v) is 9.90. The number of rotatable bonds is 2. The van der Waals surface area contributed by atoms with Gasteiger partial charge in [0.25, 0.3) is 0 Å². The molecule has 2 atom stereocenters. The number of likely N-dealkylation sites (tertiary alicyclic amines) is 1. The lowest BCUT2D eigenvalue weighted by Gasteiger charge is -2.25. The molecule has 0 aliphatic carbocycles. The third-order valence-electron chi connectivity index (χ3n) is 3.67. The molecule has 16 heavy (non-hydrogen) atoms. The molecule has 0 saturated carbocycles. The summed E-state index contributed by atoms with van der Waals surface area (Å²) in [5, 5.41) is 0. The molecule has 88 valence electrons. The fourth-order valence-electron chi connectivity index (χ4n) is 2.60. The Bertz CT molecular complexity index is 312. The number of likely N-dealkylation sites (N-methyl/N-ethyl adjacent to an activating group) is 1. The second kappa shape index (κ2) is 5.44. The lowest BCUT2D eigenvalue weighted by molar-refractivity contribution is 0.199. The van der Waals surface area contributed by atoms with Gasteiger partial charge in [-0.25, -0.2) is 4.39 Å². The van der Waals surface area contributed by atoms with E-state index in [2.05, 4.69) is 29.2 Å². The van der Waals surface area contributed by atoms with E-state index < -0.39 is 0 Å². The van der Waals surface area contributed by atoms with E-state index in [0.717, 1.165) is 19.4 Å². The van der Waals surface area contributed by atoms with Crippen molar-refractivity contribution < 1.29 is 4.39 Å². The molecule has 0 radical (unpaired) electrons. The number of hydrogen-bond acceptors (Lipinski definition) is 1. The summed E-state index contributed by atoms with van der Waals surface area (Å²) in [5.74, 6) is 0.572. The molecule has 1 saturated heterocycles. The molecule has 0 aromatic heterocycles. The molecule has 1 aliphatic heterocycles. The monoisotopic (exact) mass is 221 g/mol. The van der Waals surface area contributed by atoms with Crippen molar-refractivity contribution >= 4 is 0 Å². The van der Waals surface area contributed by atoms with E-state index >= 15 is 0 Å². The third kappa shape index (κ3) is 2.62. The highest BCUT2D eigenvalue weighted by Crippen LogP contribution is 2.28. The average Bonchev–Trinajstić information content (AvgIpc) is 2.52. The summed E-state index contributed by atoms with van der Waals surface area (Å²) in [4.78, 5) is 2.19. The minimum Gasteiger partial charge on any atom is -0.300 e. The first-order chi connectivity index (χ1) is 7.81. The third-order valence-corrected chi connectivity index (χ3v) is 3.67. The van der Waals surface area contributed by atoms with Gasteiger partial charge in [-0.2, -0.15) is 0 Å². The molecular weight excluding hydrogens is 201 g/mol. The fraction of sp³-hybridized carbons (Fsp3) is 0.571. The smallest absolute Gasteiger partial charge is 0.105 e. The first-order valence-electron chi connectivity index (χ1n) is 6.12. The molecule has 1 nitrogen and oxygen atoms in total. The quantitative estimate of drug-likeness (QED) is 0.741. The van der Waals surface area contributed by atoms with Crippen LogP contribution in [0, 0.1) is 0 Å². The van der Waals surface area contributed by atoms with Crippen LogP contribution in [-0.2, 0) is 0 Å². The van der Waals surface area contributed by atoms with Gasteiger partial charge in [-0.1, -0.05) is 36.8 Å². The lowest BCUT2D eigenvalue weighted by atomic mass is 9.94. The Morgan fingerprint density at radius 1 is 1.25 bits per heavy atom. The Morgan fingerprint density at radius 3 is 2.69 bits per heavy atom. The molecule has 1 heterocycles. The summed E-state index contributed by atoms with van der Waals surface area (Å²) in [6, 6.07) is 10.7. The highest BCUT2D eigenvalue weighted by molar-refractivity contribution is 5.20. The number of alkyl halides is 1. The van der Waals surface area contributed by atoms with Crippen LogP contribution in [0.4, 0.5) is 4.39 Å². The Kier molecular flexibility index (Phi) is 3.94. The fourth-order valence-corrected chi connectivity index (χ4v) is 2.60. The predicted molar refractivity (Wildman–Crippen MR) is 65.4 cm³/mol. The minimum atomic E-state index is -0.210. The van der Waals surface area contributed by atoms with Crippen LogP contribution in [0.25, 0.3) is 0 Å². The molecule has 0 spiro atoms. The van der Waals surface area contributed by atoms with Crippen LogP contribution in [0.3, 0.4) is 0 Å². The minimum absolute atomic E-state index is 0.133. The topological polar surface area (TPSA) is 3.24 Å². The van der Waals surface area contributed by atoms with E-state index in [0.29, 0.717) is 5.92 Å². The molecule has 1 aromatic carbocycles. The summed E-state index contributed by atoms with van der Waals surface area (Å²) in [6.45, 7) is 0.774. The molecule has 2 rings (SSSR count). The largest absolute Gasteiger partial charge is 0.300 e. The second-order valence-electron chi connectivity index (χ2n) is 4.79. The van der Waals surface area contributed by atoms with E-state index in [-0.39, 0.29) is 12.7 Å². The average molecular weight is 221 g/mol. The maximum absolute atomic E-state index is 12.8. The molecule has 1 aliphatic rings. The lowest BCUT2D eigenvalue weighted by Crippen LogP contribution is -2.34. The normalized spacial score (nSPS) is 27.6. The van der Waals surface area contributed by atoms with Crippen molar-refractivity contribution in [3.63, 3.8) is 0 Å². The van der Waals surface area contributed by atoms with Crippen molar-refractivity contribution in [2.75, 3.05) is 20.3 Å². The van der Waals surface area contributed by atoms with Crippen LogP contribution in [-0.4, -0.2) is 31.2 Å². The van der Waals surface area contributed by atoms with Crippen molar-refractivity contribution in [3.05, 3.63) is 35.9 Å². The van der Waals surface area contributed by atoms with Gasteiger partial charge in [-0.05, 0) is 31.4 Å². The molecule has 2 heteroatoms. The van der Waals surface area contributed by atoms with Gasteiger partial charge in [0.05, 0.1) is 0 Å². The number of benzene rings is 1. The molecule has 0 amide bonds. The van der Waals surface area contributed by atoms with Gasteiger partial charge in [0, 0.05) is 12.6 Å². The zero-order chi connectivity index (χ0) is 11.4. The van der Waals surface area contributed by atoms with Crippen molar-refractivity contribution in [2.24, 2.45) is 0 Å². The summed E-state index contributed by atoms with van der Waals surface area (Å²) in [6.07, 6.45) is 3.32. The van der Waals surface area contributed by atoms with Crippen molar-refractivity contribution in [1.29, 1.82) is 0 Å². The Labute approximate surface area is 97.3 Å². The number of hydrogen-bond donors (Lipinski definition) is 0. The van der Waals surface area contributed by atoms with Crippen LogP contribution in [0.5, 0.6) is 0 Å². The van der Waals surface area contributed by atoms with E-state index in [1.807, 2.05) is 13.1 Å². The van der Waals surface area contributed by atoms with Crippen molar-refractivity contribution in [2.45, 2.75) is 31.2 Å². The van der Waals surface area contributed by atoms with Gasteiger partial charge in [0.1, 0.15) is 6.67 Å². The van der Waals surface area contributed by atoms with Crippen LogP contribution in [0.2, 0.25) is 0 Å². The van der Waals surface area contributed by atoms with Gasteiger partial charge in [-0.3, -0.25) is 0 Å². The second-order valence-corrected chi connectivity index (χ2v) is 4.79. The van der Waals surface area contributed by atoms with E-state index in [1.165, 1.54) is 12.0 Å². The first kappa shape index (κ1) is 11.6. The van der Waals surface area contributed by atoms with E-state index in [9.17, 15) is 4.39 Å². The maximum Gasteiger partial charge on any atom is 0.105 e. The van der Waals surface area contributed by atoms with Gasteiger partial charge >= 0.3 is 0 Å². The van der Waals surface area contributed by atoms with Gasteiger partial charge in [0.2, 0.25) is 0 Å². The molecule has 1 fully saturated rings. The molecule has 0 N–H and O–H groups in total. The maximum atomic E-state index is 12.8. The van der Waals surface area contributed by atoms with Crippen LogP contribution >= 0.6 is 0 Å². The molecular formula is C14H20FN. The Morgan fingerprint density at radius 2 is 2.00 bits per heavy atom. The molecule has 2 unspecified atom stereocenters. The van der Waals surface area contributed by atoms with Crippen LogP contribution in [0.1, 0.15) is 30.7 Å². The van der Waals surface area contributed by atoms with Crippen LogP contribution in [0.15, 0.2) is 30.3 Å². The van der Waals surface area contributed by atoms with E-state index in [4.69, 9.17) is 0 Å². The highest BCUT2D eigenvalue weighted by Gasteiger charge is 2.23. The number of nitrogens with zero attached hydrogens (tertiary/aromatic N) is 1. The summed E-state index contributed by atoms with van der Waals surface area (Å²) < 4.78 is 12.8. The zero-order valence-electron chi connectivity index (χ0n) is 9.90. The van der Waals surface area contributed by atoms with Gasteiger partial charge in [-0.15, -0.1) is 0 Å². The SMILES string of the molecule is CN1CC(c2ccccc2)CCCC1CF. The van der Waals surface area contributed by atoms with Gasteiger partial charge in [0.15, 0.2) is 0 Å². The number of halogens is 1. The summed E-state index contributed by atoms with van der Waals surface area (Å²) >= 11 is 0. The summed E-state index contributed by atoms with van der Waals surface area (Å²) in [7, 11) is 2.05. The Hall–Kier alpha value is -0.890. The predicted octanol–water partition coefficient (Wildman–Crippen LogP) is 3.22. The summed E-state index contributed by atoms with van der Waals surface area (Å²) in [5.41, 5.74) is 1.40. The first-order valence-corrected chi connectivity index (χ1v) is 6.12. The standard InChI is InChI=1S/C14H20FN/c1-16-11-13(8-5-9-14(16)10-15)12-6-3-2-4-7-12/h2-4,6-7,13-14H,5,8-11H2,1H3. The molecule has 0 bridgehead atoms.